The molecule has 2 N–H and O–H groups in total. The van der Waals surface area contributed by atoms with E-state index < -0.39 is 0 Å². The Morgan fingerprint density at radius 1 is 1.04 bits per heavy atom. The lowest BCUT2D eigenvalue weighted by Gasteiger charge is -2.15. The molecule has 0 bridgehead atoms. The number of aromatic nitrogens is 2. The van der Waals surface area contributed by atoms with Crippen molar-refractivity contribution in [3.63, 3.8) is 0 Å². The van der Waals surface area contributed by atoms with Crippen LogP contribution in [0.3, 0.4) is 0 Å². The van der Waals surface area contributed by atoms with E-state index in [0.717, 1.165) is 38.0 Å². The monoisotopic (exact) mass is 429 g/mol. The number of fused-ring (bicyclic) bond motifs is 1. The molecule has 0 saturated carbocycles. The van der Waals surface area contributed by atoms with E-state index in [2.05, 4.69) is 26.1 Å². The van der Waals surface area contributed by atoms with Crippen LogP contribution in [0.5, 0.6) is 0 Å². The molecule has 4 rings (SSSR count). The summed E-state index contributed by atoms with van der Waals surface area (Å²) in [5.41, 5.74) is 11.1. The van der Waals surface area contributed by atoms with Crippen molar-refractivity contribution in [3.05, 3.63) is 82.6 Å². The van der Waals surface area contributed by atoms with Crippen LogP contribution in [0.1, 0.15) is 17.3 Å². The average Bonchev–Trinajstić information content (AvgIpc) is 3.06. The van der Waals surface area contributed by atoms with E-state index in [4.69, 9.17) is 10.3 Å². The third-order valence-electron chi connectivity index (χ3n) is 4.20. The highest BCUT2D eigenvalue weighted by Crippen LogP contribution is 2.33. The van der Waals surface area contributed by atoms with Gasteiger partial charge in [0.05, 0.1) is 0 Å². The SMILES string of the molecule is Cl.NC(Cc1cc(Br)ccn1)c1ccccc1-c1noc2ccccc12. The molecule has 4 nitrogen and oxygen atoms in total. The van der Waals surface area contributed by atoms with E-state index in [1.165, 1.54) is 0 Å². The van der Waals surface area contributed by atoms with Crippen LogP contribution in [0.15, 0.2) is 75.9 Å². The Morgan fingerprint density at radius 2 is 1.81 bits per heavy atom. The summed E-state index contributed by atoms with van der Waals surface area (Å²) in [6.45, 7) is 0. The topological polar surface area (TPSA) is 64.9 Å². The first kappa shape index (κ1) is 18.6. The zero-order chi connectivity index (χ0) is 17.2. The Balaban J connectivity index is 0.00000196. The molecule has 1 unspecified atom stereocenters. The second-order valence-corrected chi connectivity index (χ2v) is 6.81. The highest BCUT2D eigenvalue weighted by molar-refractivity contribution is 9.10. The molecule has 2 heterocycles. The molecule has 132 valence electrons. The van der Waals surface area contributed by atoms with Crippen LogP contribution < -0.4 is 5.73 Å². The Bertz CT molecular complexity index is 1030. The van der Waals surface area contributed by atoms with Crippen molar-refractivity contribution in [1.82, 2.24) is 10.1 Å². The van der Waals surface area contributed by atoms with E-state index in [1.807, 2.05) is 60.7 Å². The van der Waals surface area contributed by atoms with Gasteiger partial charge in [-0.25, -0.2) is 0 Å². The first-order valence-corrected chi connectivity index (χ1v) is 8.81. The van der Waals surface area contributed by atoms with Gasteiger partial charge in [-0.05, 0) is 29.8 Å². The lowest BCUT2D eigenvalue weighted by Crippen LogP contribution is -2.15. The summed E-state index contributed by atoms with van der Waals surface area (Å²) in [5.74, 6) is 0. The Labute approximate surface area is 166 Å². The fourth-order valence-corrected chi connectivity index (χ4v) is 3.39. The molecule has 0 aliphatic carbocycles. The molecule has 0 saturated heterocycles. The molecule has 2 aromatic carbocycles. The molecule has 4 aromatic rings. The Morgan fingerprint density at radius 3 is 2.65 bits per heavy atom. The second kappa shape index (κ2) is 7.99. The maximum Gasteiger partial charge on any atom is 0.167 e. The molecule has 0 fully saturated rings. The lowest BCUT2D eigenvalue weighted by atomic mass is 9.94. The van der Waals surface area contributed by atoms with Gasteiger partial charge in [0.15, 0.2) is 5.58 Å². The van der Waals surface area contributed by atoms with E-state index in [1.54, 1.807) is 6.20 Å². The number of pyridine rings is 1. The molecule has 0 radical (unpaired) electrons. The zero-order valence-electron chi connectivity index (χ0n) is 13.8. The minimum absolute atomic E-state index is 0. The zero-order valence-corrected chi connectivity index (χ0v) is 16.2. The van der Waals surface area contributed by atoms with Gasteiger partial charge in [-0.15, -0.1) is 12.4 Å². The van der Waals surface area contributed by atoms with E-state index in [0.29, 0.717) is 6.42 Å². The van der Waals surface area contributed by atoms with E-state index >= 15 is 0 Å². The average molecular weight is 431 g/mol. The molecular weight excluding hydrogens is 414 g/mol. The van der Waals surface area contributed by atoms with Crippen LogP contribution in [-0.2, 0) is 6.42 Å². The van der Waals surface area contributed by atoms with Gasteiger partial charge in [0.2, 0.25) is 0 Å². The van der Waals surface area contributed by atoms with Gasteiger partial charge >= 0.3 is 0 Å². The highest BCUT2D eigenvalue weighted by atomic mass is 79.9. The van der Waals surface area contributed by atoms with Gasteiger partial charge in [0, 0.05) is 39.8 Å². The van der Waals surface area contributed by atoms with Crippen molar-refractivity contribution >= 4 is 39.3 Å². The Kier molecular flexibility index (Phi) is 5.71. The standard InChI is InChI=1S/C20H16BrN3O.ClH/c21-13-9-10-23-14(11-13)12-18(22)15-5-1-2-6-16(15)20-17-7-3-4-8-19(17)25-24-20;/h1-11,18H,12,22H2;1H. The number of para-hydroxylation sites is 1. The minimum atomic E-state index is -0.187. The number of benzene rings is 2. The number of hydrogen-bond acceptors (Lipinski definition) is 4. The van der Waals surface area contributed by atoms with Crippen LogP contribution in [-0.4, -0.2) is 10.1 Å². The number of hydrogen-bond donors (Lipinski definition) is 1. The molecule has 0 amide bonds. The third kappa shape index (κ3) is 3.65. The van der Waals surface area contributed by atoms with E-state index in [-0.39, 0.29) is 18.4 Å². The summed E-state index contributed by atoms with van der Waals surface area (Å²) >= 11 is 3.48. The molecule has 1 atom stereocenters. The van der Waals surface area contributed by atoms with Gasteiger partial charge < -0.3 is 10.3 Å². The molecule has 2 aromatic heterocycles. The summed E-state index contributed by atoms with van der Waals surface area (Å²) in [6.07, 6.45) is 2.43. The van der Waals surface area contributed by atoms with Crippen LogP contribution in [0, 0.1) is 0 Å². The van der Waals surface area contributed by atoms with Crippen molar-refractivity contribution in [3.8, 4) is 11.3 Å². The number of nitrogens with two attached hydrogens (primary N) is 1. The van der Waals surface area contributed by atoms with Crippen LogP contribution in [0.2, 0.25) is 0 Å². The molecule has 6 heteroatoms. The van der Waals surface area contributed by atoms with Crippen LogP contribution in [0.25, 0.3) is 22.2 Å². The number of nitrogens with zero attached hydrogens (tertiary/aromatic N) is 2. The summed E-state index contributed by atoms with van der Waals surface area (Å²) in [5, 5.41) is 5.26. The normalized spacial score (nSPS) is 11.9. The first-order valence-electron chi connectivity index (χ1n) is 8.02. The van der Waals surface area contributed by atoms with Gasteiger partial charge in [0.25, 0.3) is 0 Å². The predicted molar refractivity (Wildman–Crippen MR) is 109 cm³/mol. The minimum Gasteiger partial charge on any atom is -0.356 e. The van der Waals surface area contributed by atoms with Crippen molar-refractivity contribution in [2.45, 2.75) is 12.5 Å². The molecule has 0 aliphatic rings. The van der Waals surface area contributed by atoms with E-state index in [9.17, 15) is 0 Å². The smallest absolute Gasteiger partial charge is 0.167 e. The van der Waals surface area contributed by atoms with Crippen LogP contribution in [0.4, 0.5) is 0 Å². The fourth-order valence-electron chi connectivity index (χ4n) is 3.01. The van der Waals surface area contributed by atoms with Gasteiger partial charge in [-0.1, -0.05) is 57.5 Å². The molecule has 26 heavy (non-hydrogen) atoms. The number of halogens is 2. The van der Waals surface area contributed by atoms with Crippen molar-refractivity contribution in [2.24, 2.45) is 5.73 Å². The summed E-state index contributed by atoms with van der Waals surface area (Å²) < 4.78 is 6.46. The molecule has 0 spiro atoms. The van der Waals surface area contributed by atoms with Crippen molar-refractivity contribution in [1.29, 1.82) is 0 Å². The maximum atomic E-state index is 6.51. The first-order chi connectivity index (χ1) is 12.2. The summed E-state index contributed by atoms with van der Waals surface area (Å²) in [4.78, 5) is 4.40. The lowest BCUT2D eigenvalue weighted by molar-refractivity contribution is 0.459. The Hall–Kier alpha value is -2.21. The quantitative estimate of drug-likeness (QED) is 0.476. The molecular formula is C20H17BrClN3O. The van der Waals surface area contributed by atoms with Gasteiger partial charge in [0.1, 0.15) is 5.69 Å². The van der Waals surface area contributed by atoms with Crippen LogP contribution >= 0.6 is 28.3 Å². The fraction of sp³-hybridized carbons (Fsp3) is 0.100. The van der Waals surface area contributed by atoms with Crippen molar-refractivity contribution in [2.75, 3.05) is 0 Å². The third-order valence-corrected chi connectivity index (χ3v) is 4.69. The predicted octanol–water partition coefficient (Wildman–Crippen LogP) is 5.32. The van der Waals surface area contributed by atoms with Gasteiger partial charge in [-0.2, -0.15) is 0 Å². The maximum absolute atomic E-state index is 6.51. The second-order valence-electron chi connectivity index (χ2n) is 5.89. The summed E-state index contributed by atoms with van der Waals surface area (Å²) in [6, 6.07) is 19.6. The number of rotatable bonds is 4. The van der Waals surface area contributed by atoms with Crippen molar-refractivity contribution < 1.29 is 4.52 Å². The largest absolute Gasteiger partial charge is 0.356 e. The van der Waals surface area contributed by atoms with Gasteiger partial charge in [-0.3, -0.25) is 4.98 Å². The molecule has 0 aliphatic heterocycles. The highest BCUT2D eigenvalue weighted by Gasteiger charge is 2.18. The summed E-state index contributed by atoms with van der Waals surface area (Å²) in [7, 11) is 0.